The van der Waals surface area contributed by atoms with Crippen molar-refractivity contribution in [1.29, 1.82) is 0 Å². The van der Waals surface area contributed by atoms with Gasteiger partial charge >= 0.3 is 0 Å². The summed E-state index contributed by atoms with van der Waals surface area (Å²) < 4.78 is 2.47. The topological polar surface area (TPSA) is 12.9 Å². The van der Waals surface area contributed by atoms with Crippen LogP contribution in [0.2, 0.25) is 0 Å². The lowest BCUT2D eigenvalue weighted by Crippen LogP contribution is -1.85. The molecule has 98 valence electrons. The number of aromatic nitrogens is 1. The summed E-state index contributed by atoms with van der Waals surface area (Å²) in [4.78, 5) is 4.39. The van der Waals surface area contributed by atoms with Gasteiger partial charge in [0.15, 0.2) is 0 Å². The zero-order chi connectivity index (χ0) is 13.9. The van der Waals surface area contributed by atoms with Crippen LogP contribution in [0.5, 0.6) is 0 Å². The average Bonchev–Trinajstić information content (AvgIpc) is 2.47. The first-order chi connectivity index (χ1) is 9.72. The molecule has 0 saturated heterocycles. The molecule has 0 N–H and O–H groups in total. The van der Waals surface area contributed by atoms with Gasteiger partial charge in [0.25, 0.3) is 0 Å². The minimum Gasteiger partial charge on any atom is -0.263 e. The van der Waals surface area contributed by atoms with E-state index in [0.717, 1.165) is 11.1 Å². The van der Waals surface area contributed by atoms with E-state index < -0.39 is 0 Å². The van der Waals surface area contributed by atoms with E-state index in [1.54, 1.807) is 0 Å². The smallest absolute Gasteiger partial charge is 0.0346 e. The van der Waals surface area contributed by atoms with Crippen LogP contribution in [0.1, 0.15) is 0 Å². The normalized spacial score (nSPS) is 10.5. The predicted octanol–water partition coefficient (Wildman–Crippen LogP) is 5.62. The Kier molecular flexibility index (Phi) is 4.35. The van der Waals surface area contributed by atoms with Gasteiger partial charge in [0.05, 0.1) is 0 Å². The quantitative estimate of drug-likeness (QED) is 0.432. The SMILES string of the molecule is Ic1cccc(-c2cncc(-c3cccc(I)c3)c2)c1. The van der Waals surface area contributed by atoms with Crippen molar-refractivity contribution in [3.05, 3.63) is 74.1 Å². The minimum absolute atomic E-state index is 1.15. The number of pyridine rings is 1. The summed E-state index contributed by atoms with van der Waals surface area (Å²) in [6.07, 6.45) is 3.84. The Morgan fingerprint density at radius 2 is 1.10 bits per heavy atom. The molecule has 1 nitrogen and oxygen atoms in total. The maximum absolute atomic E-state index is 4.39. The summed E-state index contributed by atoms with van der Waals surface area (Å²) in [5.74, 6) is 0. The molecule has 2 aromatic carbocycles. The van der Waals surface area contributed by atoms with Gasteiger partial charge in [0, 0.05) is 30.7 Å². The van der Waals surface area contributed by atoms with Crippen LogP contribution >= 0.6 is 45.2 Å². The summed E-state index contributed by atoms with van der Waals surface area (Å²) in [6, 6.07) is 19.2. The van der Waals surface area contributed by atoms with Crippen LogP contribution in [0.25, 0.3) is 22.3 Å². The van der Waals surface area contributed by atoms with E-state index in [-0.39, 0.29) is 0 Å². The zero-order valence-corrected chi connectivity index (χ0v) is 14.9. The van der Waals surface area contributed by atoms with E-state index in [1.807, 2.05) is 12.4 Å². The van der Waals surface area contributed by atoms with E-state index in [4.69, 9.17) is 0 Å². The second-order valence-electron chi connectivity index (χ2n) is 4.48. The van der Waals surface area contributed by atoms with Crippen molar-refractivity contribution in [2.45, 2.75) is 0 Å². The van der Waals surface area contributed by atoms with Crippen LogP contribution in [0.4, 0.5) is 0 Å². The Bertz CT molecular complexity index is 692. The summed E-state index contributed by atoms with van der Waals surface area (Å²) in [5.41, 5.74) is 4.72. The van der Waals surface area contributed by atoms with Crippen LogP contribution < -0.4 is 0 Å². The molecule has 1 heterocycles. The van der Waals surface area contributed by atoms with Crippen molar-refractivity contribution in [2.24, 2.45) is 0 Å². The van der Waals surface area contributed by atoms with Crippen LogP contribution in [-0.4, -0.2) is 4.98 Å². The van der Waals surface area contributed by atoms with Gasteiger partial charge in [-0.15, -0.1) is 0 Å². The van der Waals surface area contributed by atoms with Gasteiger partial charge in [-0.05, 0) is 86.6 Å². The number of benzene rings is 2. The van der Waals surface area contributed by atoms with E-state index in [0.29, 0.717) is 0 Å². The number of rotatable bonds is 2. The first kappa shape index (κ1) is 14.0. The molecular weight excluding hydrogens is 472 g/mol. The standard InChI is InChI=1S/C17H11I2N/c18-16-5-1-3-12(8-16)14-7-15(11-20-10-14)13-4-2-6-17(19)9-13/h1-11H. The van der Waals surface area contributed by atoms with Crippen molar-refractivity contribution in [1.82, 2.24) is 4.98 Å². The Balaban J connectivity index is 2.06. The third-order valence-electron chi connectivity index (χ3n) is 3.05. The van der Waals surface area contributed by atoms with Crippen molar-refractivity contribution in [3.8, 4) is 22.3 Å². The molecule has 1 aromatic heterocycles. The van der Waals surface area contributed by atoms with E-state index in [9.17, 15) is 0 Å². The number of hydrogen-bond acceptors (Lipinski definition) is 1. The molecule has 3 rings (SSSR count). The molecule has 3 aromatic rings. The maximum atomic E-state index is 4.39. The molecule has 3 heteroatoms. The van der Waals surface area contributed by atoms with Gasteiger partial charge in [0.2, 0.25) is 0 Å². The van der Waals surface area contributed by atoms with Crippen LogP contribution in [0, 0.1) is 7.14 Å². The summed E-state index contributed by atoms with van der Waals surface area (Å²) >= 11 is 4.67. The second-order valence-corrected chi connectivity index (χ2v) is 6.97. The average molecular weight is 483 g/mol. The Morgan fingerprint density at radius 1 is 0.600 bits per heavy atom. The van der Waals surface area contributed by atoms with Gasteiger partial charge in [-0.3, -0.25) is 4.98 Å². The maximum Gasteiger partial charge on any atom is 0.0346 e. The van der Waals surface area contributed by atoms with Crippen LogP contribution in [0.15, 0.2) is 67.0 Å². The van der Waals surface area contributed by atoms with Crippen molar-refractivity contribution in [2.75, 3.05) is 0 Å². The molecule has 0 radical (unpaired) electrons. The van der Waals surface area contributed by atoms with Gasteiger partial charge in [0.1, 0.15) is 0 Å². The third kappa shape index (κ3) is 3.20. The molecular formula is C17H11I2N. The second kappa shape index (κ2) is 6.22. The Hall–Kier alpha value is -0.950. The van der Waals surface area contributed by atoms with Crippen LogP contribution in [0.3, 0.4) is 0 Å². The molecule has 0 aliphatic rings. The van der Waals surface area contributed by atoms with Crippen LogP contribution in [-0.2, 0) is 0 Å². The van der Waals surface area contributed by atoms with Gasteiger partial charge < -0.3 is 0 Å². The highest BCUT2D eigenvalue weighted by Crippen LogP contribution is 2.26. The number of halogens is 2. The highest BCUT2D eigenvalue weighted by molar-refractivity contribution is 14.1. The predicted molar refractivity (Wildman–Crippen MR) is 101 cm³/mol. The number of nitrogens with zero attached hydrogens (tertiary/aromatic N) is 1. The molecule has 0 spiro atoms. The summed E-state index contributed by atoms with van der Waals surface area (Å²) in [5, 5.41) is 0. The van der Waals surface area contributed by atoms with Gasteiger partial charge in [-0.2, -0.15) is 0 Å². The van der Waals surface area contributed by atoms with E-state index in [1.165, 1.54) is 18.3 Å². The van der Waals surface area contributed by atoms with Gasteiger partial charge in [-0.25, -0.2) is 0 Å². The highest BCUT2D eigenvalue weighted by Gasteiger charge is 2.03. The highest BCUT2D eigenvalue weighted by atomic mass is 127. The Labute approximate surface area is 145 Å². The monoisotopic (exact) mass is 483 g/mol. The number of hydrogen-bond donors (Lipinski definition) is 0. The van der Waals surface area contributed by atoms with Crippen molar-refractivity contribution in [3.63, 3.8) is 0 Å². The van der Waals surface area contributed by atoms with Crippen molar-refractivity contribution >= 4 is 45.2 Å². The molecule has 0 atom stereocenters. The van der Waals surface area contributed by atoms with E-state index >= 15 is 0 Å². The fourth-order valence-electron chi connectivity index (χ4n) is 2.09. The first-order valence-corrected chi connectivity index (χ1v) is 8.35. The fourth-order valence-corrected chi connectivity index (χ4v) is 3.18. The zero-order valence-electron chi connectivity index (χ0n) is 10.6. The Morgan fingerprint density at radius 3 is 1.55 bits per heavy atom. The molecule has 0 aliphatic carbocycles. The summed E-state index contributed by atoms with van der Waals surface area (Å²) in [6.45, 7) is 0. The van der Waals surface area contributed by atoms with Gasteiger partial charge in [-0.1, -0.05) is 24.3 Å². The molecule has 0 aliphatic heterocycles. The molecule has 0 amide bonds. The molecule has 20 heavy (non-hydrogen) atoms. The lowest BCUT2D eigenvalue weighted by molar-refractivity contribution is 1.33. The lowest BCUT2D eigenvalue weighted by Gasteiger charge is -2.06. The molecule has 0 unspecified atom stereocenters. The van der Waals surface area contributed by atoms with Crippen molar-refractivity contribution < 1.29 is 0 Å². The minimum atomic E-state index is 1.15. The lowest BCUT2D eigenvalue weighted by atomic mass is 10.0. The molecule has 0 fully saturated rings. The molecule has 0 bridgehead atoms. The summed E-state index contributed by atoms with van der Waals surface area (Å²) in [7, 11) is 0. The third-order valence-corrected chi connectivity index (χ3v) is 4.40. The molecule has 0 saturated carbocycles. The van der Waals surface area contributed by atoms with E-state index in [2.05, 4.69) is 105 Å². The largest absolute Gasteiger partial charge is 0.263 e. The fraction of sp³-hybridized carbons (Fsp3) is 0. The first-order valence-electron chi connectivity index (χ1n) is 6.19.